The van der Waals surface area contributed by atoms with E-state index < -0.39 is 11.4 Å². The lowest BCUT2D eigenvalue weighted by Crippen LogP contribution is -2.19. The van der Waals surface area contributed by atoms with Gasteiger partial charge in [0.05, 0.1) is 17.1 Å². The Morgan fingerprint density at radius 3 is 2.35 bits per heavy atom. The van der Waals surface area contributed by atoms with Gasteiger partial charge in [-0.2, -0.15) is 5.16 Å². The lowest BCUT2D eigenvalue weighted by molar-refractivity contribution is -0.296. The van der Waals surface area contributed by atoms with Crippen LogP contribution in [0.15, 0.2) is 49.9 Å². The first kappa shape index (κ1) is 17.7. The van der Waals surface area contributed by atoms with Gasteiger partial charge in [0.2, 0.25) is 0 Å². The number of aromatic nitrogens is 3. The summed E-state index contributed by atoms with van der Waals surface area (Å²) < 4.78 is 7.92. The first-order valence-corrected chi connectivity index (χ1v) is 8.14. The Morgan fingerprint density at radius 2 is 1.73 bits per heavy atom. The number of hydrogen-bond acceptors (Lipinski definition) is 6. The Morgan fingerprint density at radius 1 is 1.12 bits per heavy atom. The molecule has 2 heterocycles. The molecule has 136 valence electrons. The summed E-state index contributed by atoms with van der Waals surface area (Å²) in [6.07, 6.45) is 0. The summed E-state index contributed by atoms with van der Waals surface area (Å²) in [7, 11) is 1.77. The zero-order valence-electron chi connectivity index (χ0n) is 15.3. The molecule has 0 atom stereocenters. The van der Waals surface area contributed by atoms with Gasteiger partial charge in [-0.15, -0.1) is 10.2 Å². The van der Waals surface area contributed by atoms with Crippen molar-refractivity contribution in [2.45, 2.75) is 33.1 Å². The van der Waals surface area contributed by atoms with Crippen LogP contribution >= 0.6 is 0 Å². The Bertz CT molecular complexity index is 1020. The molecule has 0 aliphatic rings. The molecule has 8 nitrogen and oxygen atoms in total. The van der Waals surface area contributed by atoms with E-state index in [0.717, 1.165) is 5.69 Å². The van der Waals surface area contributed by atoms with Gasteiger partial charge in [-0.1, -0.05) is 39.0 Å². The molecule has 0 radical (unpaired) electrons. The Labute approximate surface area is 150 Å². The second-order valence-corrected chi connectivity index (χ2v) is 7.03. The molecule has 0 spiro atoms. The molecule has 0 unspecified atom stereocenters. The van der Waals surface area contributed by atoms with Crippen molar-refractivity contribution in [1.29, 1.82) is 0 Å². The molecule has 8 heteroatoms. The summed E-state index contributed by atoms with van der Waals surface area (Å²) in [5.74, 6) is -0.671. The predicted octanol–water partition coefficient (Wildman–Crippen LogP) is 3.26. The minimum atomic E-state index is -0.671. The van der Waals surface area contributed by atoms with Crippen molar-refractivity contribution in [3.05, 3.63) is 52.1 Å². The number of para-hydroxylation sites is 1. The molecule has 2 aromatic heterocycles. The van der Waals surface area contributed by atoms with Gasteiger partial charge in [0, 0.05) is 12.5 Å². The Hall–Kier alpha value is -3.16. The van der Waals surface area contributed by atoms with Crippen LogP contribution in [0.4, 0.5) is 11.4 Å². The van der Waals surface area contributed by atoms with E-state index in [4.69, 9.17) is 4.52 Å². The standard InChI is InChI=1S/C18H21N5O3/c1-11-13(16(24)23(22(11)5)12-9-7-6-8-10-12)19-20-14-15(18(2,3)4)21-26-17(14)25/h6-10,25H,1-5H3/p-1. The van der Waals surface area contributed by atoms with Crippen molar-refractivity contribution in [3.8, 4) is 11.6 Å². The molecule has 0 saturated heterocycles. The van der Waals surface area contributed by atoms with Crippen molar-refractivity contribution >= 4 is 11.4 Å². The van der Waals surface area contributed by atoms with Crippen LogP contribution in [0.2, 0.25) is 0 Å². The van der Waals surface area contributed by atoms with Crippen molar-refractivity contribution in [1.82, 2.24) is 14.5 Å². The van der Waals surface area contributed by atoms with Gasteiger partial charge in [0.25, 0.3) is 5.56 Å². The van der Waals surface area contributed by atoms with E-state index in [1.807, 2.05) is 51.1 Å². The molecule has 0 bridgehead atoms. The summed E-state index contributed by atoms with van der Waals surface area (Å²) >= 11 is 0. The van der Waals surface area contributed by atoms with Crippen LogP contribution < -0.4 is 10.7 Å². The smallest absolute Gasteiger partial charge is 0.299 e. The second kappa shape index (κ2) is 6.29. The SMILES string of the molecule is Cc1c(N=Nc2c(C(C)(C)C)noc2[O-])c(=O)n(-c2ccccc2)n1C. The number of nitrogens with zero attached hydrogens (tertiary/aromatic N) is 5. The fourth-order valence-corrected chi connectivity index (χ4v) is 2.62. The fourth-order valence-electron chi connectivity index (χ4n) is 2.62. The second-order valence-electron chi connectivity index (χ2n) is 7.03. The Balaban J connectivity index is 2.10. The highest BCUT2D eigenvalue weighted by Crippen LogP contribution is 2.37. The maximum absolute atomic E-state index is 12.8. The molecule has 3 rings (SSSR count). The predicted molar refractivity (Wildman–Crippen MR) is 94.6 cm³/mol. The number of hydrogen-bond donors (Lipinski definition) is 0. The summed E-state index contributed by atoms with van der Waals surface area (Å²) in [5.41, 5.74) is 1.18. The van der Waals surface area contributed by atoms with Gasteiger partial charge < -0.3 is 9.63 Å². The van der Waals surface area contributed by atoms with Crippen molar-refractivity contribution in [3.63, 3.8) is 0 Å². The molecule has 3 aromatic rings. The van der Waals surface area contributed by atoms with Crippen LogP contribution in [0.3, 0.4) is 0 Å². The van der Waals surface area contributed by atoms with Crippen molar-refractivity contribution in [2.75, 3.05) is 0 Å². The van der Waals surface area contributed by atoms with E-state index in [1.54, 1.807) is 18.7 Å². The molecule has 0 fully saturated rings. The van der Waals surface area contributed by atoms with Crippen LogP contribution in [-0.4, -0.2) is 14.5 Å². The summed E-state index contributed by atoms with van der Waals surface area (Å²) in [6.45, 7) is 7.43. The third kappa shape index (κ3) is 2.94. The van der Waals surface area contributed by atoms with Crippen LogP contribution in [0.5, 0.6) is 5.95 Å². The third-order valence-electron chi connectivity index (χ3n) is 4.12. The number of rotatable bonds is 3. The lowest BCUT2D eigenvalue weighted by Gasteiger charge is -2.15. The summed E-state index contributed by atoms with van der Waals surface area (Å²) in [4.78, 5) is 12.8. The van der Waals surface area contributed by atoms with Crippen LogP contribution in [0.1, 0.15) is 32.2 Å². The van der Waals surface area contributed by atoms with E-state index in [1.165, 1.54) is 4.68 Å². The van der Waals surface area contributed by atoms with Gasteiger partial charge >= 0.3 is 0 Å². The first-order valence-electron chi connectivity index (χ1n) is 8.14. The quantitative estimate of drug-likeness (QED) is 0.674. The molecule has 0 saturated carbocycles. The zero-order valence-corrected chi connectivity index (χ0v) is 15.3. The van der Waals surface area contributed by atoms with E-state index >= 15 is 0 Å². The van der Waals surface area contributed by atoms with Crippen molar-refractivity contribution < 1.29 is 9.63 Å². The highest BCUT2D eigenvalue weighted by molar-refractivity contribution is 5.52. The molecular weight excluding hydrogens is 334 g/mol. The van der Waals surface area contributed by atoms with Gasteiger partial charge in [0.15, 0.2) is 5.69 Å². The molecule has 1 aromatic carbocycles. The number of azo groups is 1. The van der Waals surface area contributed by atoms with Crippen LogP contribution in [0, 0.1) is 6.92 Å². The average molecular weight is 354 g/mol. The molecule has 0 aliphatic heterocycles. The lowest BCUT2D eigenvalue weighted by atomic mass is 9.91. The van der Waals surface area contributed by atoms with E-state index in [-0.39, 0.29) is 16.9 Å². The van der Waals surface area contributed by atoms with Crippen molar-refractivity contribution in [2.24, 2.45) is 17.3 Å². The monoisotopic (exact) mass is 354 g/mol. The Kier molecular flexibility index (Phi) is 4.27. The normalized spacial score (nSPS) is 12.2. The minimum absolute atomic E-state index is 0.0198. The molecule has 0 N–H and O–H groups in total. The van der Waals surface area contributed by atoms with Gasteiger partial charge in [-0.25, -0.2) is 4.68 Å². The highest BCUT2D eigenvalue weighted by Gasteiger charge is 2.23. The molecule has 0 aliphatic carbocycles. The average Bonchev–Trinajstić information content (AvgIpc) is 3.05. The largest absolute Gasteiger partial charge is 0.542 e. The highest BCUT2D eigenvalue weighted by atomic mass is 16.5. The third-order valence-corrected chi connectivity index (χ3v) is 4.12. The summed E-state index contributed by atoms with van der Waals surface area (Å²) in [5, 5.41) is 23.7. The minimum Gasteiger partial charge on any atom is -0.542 e. The van der Waals surface area contributed by atoms with Crippen LogP contribution in [-0.2, 0) is 12.5 Å². The molecule has 0 amide bonds. The summed E-state index contributed by atoms with van der Waals surface area (Å²) in [6, 6.07) is 9.23. The van der Waals surface area contributed by atoms with Crippen LogP contribution in [0.25, 0.3) is 5.69 Å². The number of benzene rings is 1. The molecule has 26 heavy (non-hydrogen) atoms. The molecular formula is C18H20N5O3-. The van der Waals surface area contributed by atoms with E-state index in [9.17, 15) is 9.90 Å². The van der Waals surface area contributed by atoms with E-state index in [2.05, 4.69) is 15.4 Å². The maximum Gasteiger partial charge on any atom is 0.299 e. The zero-order chi connectivity index (χ0) is 19.1. The van der Waals surface area contributed by atoms with Gasteiger partial charge in [-0.05, 0) is 19.1 Å². The first-order chi connectivity index (χ1) is 12.2. The van der Waals surface area contributed by atoms with Gasteiger partial charge in [0.1, 0.15) is 11.6 Å². The van der Waals surface area contributed by atoms with Gasteiger partial charge in [-0.3, -0.25) is 9.48 Å². The maximum atomic E-state index is 12.8. The fraction of sp³-hybridized carbons (Fsp3) is 0.333. The topological polar surface area (TPSA) is 101 Å². The van der Waals surface area contributed by atoms with E-state index in [0.29, 0.717) is 11.4 Å².